The molecule has 134 valence electrons. The molecule has 0 unspecified atom stereocenters. The lowest BCUT2D eigenvalue weighted by Gasteiger charge is -2.46. The van der Waals surface area contributed by atoms with Gasteiger partial charge in [-0.2, -0.15) is 0 Å². The molecule has 1 aromatic rings. The lowest BCUT2D eigenvalue weighted by atomic mass is 9.64. The number of fused-ring (bicyclic) bond motifs is 1. The molecule has 3 rings (SSSR count). The van der Waals surface area contributed by atoms with Gasteiger partial charge >= 0.3 is 0 Å². The number of imide groups is 1. The lowest BCUT2D eigenvalue weighted by molar-refractivity contribution is -0.145. The maximum absolute atomic E-state index is 12.6. The van der Waals surface area contributed by atoms with E-state index in [9.17, 15) is 9.59 Å². The molecule has 0 radical (unpaired) electrons. The Kier molecular flexibility index (Phi) is 4.38. The fourth-order valence-corrected chi connectivity index (χ4v) is 5.07. The minimum atomic E-state index is -0.184. The monoisotopic (exact) mass is 339 g/mol. The van der Waals surface area contributed by atoms with Gasteiger partial charge in [0, 0.05) is 17.6 Å². The average molecular weight is 339 g/mol. The molecule has 0 saturated carbocycles. The maximum atomic E-state index is 12.6. The van der Waals surface area contributed by atoms with Crippen molar-refractivity contribution >= 4 is 11.8 Å². The molecule has 0 fully saturated rings. The molecule has 25 heavy (non-hydrogen) atoms. The predicted molar refractivity (Wildman–Crippen MR) is 100 cm³/mol. The van der Waals surface area contributed by atoms with Gasteiger partial charge in [0.25, 0.3) is 11.8 Å². The zero-order valence-corrected chi connectivity index (χ0v) is 16.2. The molecule has 1 aliphatic carbocycles. The van der Waals surface area contributed by atoms with Crippen LogP contribution in [0.3, 0.4) is 0 Å². The summed E-state index contributed by atoms with van der Waals surface area (Å²) in [6.07, 6.45) is 3.75. The Morgan fingerprint density at radius 3 is 2.00 bits per heavy atom. The maximum Gasteiger partial charge on any atom is 0.254 e. The van der Waals surface area contributed by atoms with E-state index in [-0.39, 0.29) is 23.3 Å². The number of nitrogens with zero attached hydrogens (tertiary/aromatic N) is 1. The number of benzene rings is 1. The standard InChI is InChI=1S/C22H29NO2/c1-13(2)16-8-7-9-17-18(16)12-22(14(3)4,15(5)6)21(17)23-19(24)10-11-20(23)25/h7-11,13-15,21H,12H2,1-6H3/t21-/m1/s1. The van der Waals surface area contributed by atoms with Crippen molar-refractivity contribution in [2.45, 2.75) is 59.9 Å². The van der Waals surface area contributed by atoms with Gasteiger partial charge < -0.3 is 0 Å². The third-order valence-corrected chi connectivity index (χ3v) is 6.41. The summed E-state index contributed by atoms with van der Waals surface area (Å²) in [7, 11) is 0. The van der Waals surface area contributed by atoms with Crippen LogP contribution in [0, 0.1) is 17.3 Å². The van der Waals surface area contributed by atoms with Gasteiger partial charge in [-0.25, -0.2) is 0 Å². The van der Waals surface area contributed by atoms with Gasteiger partial charge in [0.2, 0.25) is 0 Å². The topological polar surface area (TPSA) is 37.4 Å². The third-order valence-electron chi connectivity index (χ3n) is 6.41. The molecule has 3 heteroatoms. The first-order valence-electron chi connectivity index (χ1n) is 9.38. The van der Waals surface area contributed by atoms with Crippen LogP contribution in [-0.4, -0.2) is 16.7 Å². The summed E-state index contributed by atoms with van der Waals surface area (Å²) in [5.41, 5.74) is 3.72. The van der Waals surface area contributed by atoms with Crippen molar-refractivity contribution in [3.05, 3.63) is 47.0 Å². The van der Waals surface area contributed by atoms with E-state index in [0.29, 0.717) is 17.8 Å². The van der Waals surface area contributed by atoms with Crippen molar-refractivity contribution in [3.8, 4) is 0 Å². The Morgan fingerprint density at radius 1 is 0.960 bits per heavy atom. The molecule has 0 bridgehead atoms. The summed E-state index contributed by atoms with van der Waals surface area (Å²) < 4.78 is 0. The molecule has 2 amide bonds. The molecular weight excluding hydrogens is 310 g/mol. The molecule has 0 saturated heterocycles. The Bertz CT molecular complexity index is 716. The smallest absolute Gasteiger partial charge is 0.254 e. The fraction of sp³-hybridized carbons (Fsp3) is 0.545. The molecule has 3 nitrogen and oxygen atoms in total. The highest BCUT2D eigenvalue weighted by Crippen LogP contribution is 2.58. The van der Waals surface area contributed by atoms with Crippen LogP contribution in [0.1, 0.15) is 70.2 Å². The molecule has 0 N–H and O–H groups in total. The molecule has 1 aliphatic heterocycles. The molecule has 0 spiro atoms. The van der Waals surface area contributed by atoms with E-state index in [1.54, 1.807) is 0 Å². The third kappa shape index (κ3) is 2.47. The van der Waals surface area contributed by atoms with E-state index in [2.05, 4.69) is 59.7 Å². The van der Waals surface area contributed by atoms with Crippen LogP contribution < -0.4 is 0 Å². The molecule has 1 heterocycles. The number of hydrogen-bond acceptors (Lipinski definition) is 2. The molecule has 2 aliphatic rings. The summed E-state index contributed by atoms with van der Waals surface area (Å²) in [6, 6.07) is 6.22. The van der Waals surface area contributed by atoms with Crippen molar-refractivity contribution < 1.29 is 9.59 Å². The minimum absolute atomic E-state index is 0.134. The highest BCUT2D eigenvalue weighted by Gasteiger charge is 2.55. The normalized spacial score (nSPS) is 22.0. The van der Waals surface area contributed by atoms with Gasteiger partial charge in [-0.3, -0.25) is 14.5 Å². The number of hydrogen-bond donors (Lipinski definition) is 0. The SMILES string of the molecule is CC(C)c1cccc2c1CC(C(C)C)(C(C)C)[C@@H]2N1C(=O)C=CC1=O. The van der Waals surface area contributed by atoms with Gasteiger partial charge in [-0.15, -0.1) is 0 Å². The van der Waals surface area contributed by atoms with E-state index in [1.807, 2.05) is 0 Å². The van der Waals surface area contributed by atoms with E-state index in [1.165, 1.54) is 33.7 Å². The molecular formula is C22H29NO2. The quantitative estimate of drug-likeness (QED) is 0.750. The first-order valence-corrected chi connectivity index (χ1v) is 9.38. The van der Waals surface area contributed by atoms with Crippen LogP contribution in [0.25, 0.3) is 0 Å². The highest BCUT2D eigenvalue weighted by atomic mass is 16.2. The summed E-state index contributed by atoms with van der Waals surface area (Å²) in [5.74, 6) is 0.776. The van der Waals surface area contributed by atoms with Gasteiger partial charge in [0.05, 0.1) is 6.04 Å². The Morgan fingerprint density at radius 2 is 1.52 bits per heavy atom. The largest absolute Gasteiger partial charge is 0.269 e. The average Bonchev–Trinajstić information content (AvgIpc) is 3.04. The number of rotatable bonds is 4. The molecule has 1 aromatic carbocycles. The zero-order chi connectivity index (χ0) is 18.5. The number of amides is 2. The van der Waals surface area contributed by atoms with Gasteiger partial charge in [-0.05, 0) is 40.9 Å². The van der Waals surface area contributed by atoms with E-state index in [0.717, 1.165) is 6.42 Å². The van der Waals surface area contributed by atoms with E-state index in [4.69, 9.17) is 0 Å². The van der Waals surface area contributed by atoms with Crippen LogP contribution in [0.4, 0.5) is 0 Å². The van der Waals surface area contributed by atoms with Crippen LogP contribution in [-0.2, 0) is 16.0 Å². The first-order chi connectivity index (χ1) is 11.7. The Labute approximate surface area is 151 Å². The fourth-order valence-electron chi connectivity index (χ4n) is 5.07. The van der Waals surface area contributed by atoms with Gasteiger partial charge in [0.15, 0.2) is 0 Å². The Balaban J connectivity index is 2.26. The van der Waals surface area contributed by atoms with Crippen LogP contribution in [0.5, 0.6) is 0 Å². The van der Waals surface area contributed by atoms with E-state index >= 15 is 0 Å². The van der Waals surface area contributed by atoms with Crippen molar-refractivity contribution in [2.75, 3.05) is 0 Å². The van der Waals surface area contributed by atoms with Crippen molar-refractivity contribution in [3.63, 3.8) is 0 Å². The number of carbonyl (C=O) groups excluding carboxylic acids is 2. The second-order valence-corrected chi connectivity index (χ2v) is 8.45. The van der Waals surface area contributed by atoms with Crippen molar-refractivity contribution in [2.24, 2.45) is 17.3 Å². The van der Waals surface area contributed by atoms with E-state index < -0.39 is 0 Å². The summed E-state index contributed by atoms with van der Waals surface area (Å²) in [5, 5.41) is 0. The van der Waals surface area contributed by atoms with Crippen LogP contribution >= 0.6 is 0 Å². The minimum Gasteiger partial charge on any atom is -0.269 e. The van der Waals surface area contributed by atoms with Crippen molar-refractivity contribution in [1.29, 1.82) is 0 Å². The highest BCUT2D eigenvalue weighted by molar-refractivity contribution is 6.13. The second-order valence-electron chi connectivity index (χ2n) is 8.45. The predicted octanol–water partition coefficient (Wildman–Crippen LogP) is 4.63. The van der Waals surface area contributed by atoms with Crippen molar-refractivity contribution in [1.82, 2.24) is 4.90 Å². The lowest BCUT2D eigenvalue weighted by Crippen LogP contribution is -2.47. The molecule has 0 aromatic heterocycles. The first kappa shape index (κ1) is 17.9. The summed E-state index contributed by atoms with van der Waals surface area (Å²) in [4.78, 5) is 26.6. The zero-order valence-electron chi connectivity index (χ0n) is 16.2. The number of carbonyl (C=O) groups is 2. The van der Waals surface area contributed by atoms with Gasteiger partial charge in [0.1, 0.15) is 0 Å². The summed E-state index contributed by atoms with van der Waals surface area (Å²) >= 11 is 0. The molecule has 1 atom stereocenters. The van der Waals surface area contributed by atoms with Crippen LogP contribution in [0.2, 0.25) is 0 Å². The second kappa shape index (κ2) is 6.12. The van der Waals surface area contributed by atoms with Crippen LogP contribution in [0.15, 0.2) is 30.4 Å². The summed E-state index contributed by atoms with van der Waals surface area (Å²) in [6.45, 7) is 13.3. The Hall–Kier alpha value is -1.90. The van der Waals surface area contributed by atoms with Gasteiger partial charge in [-0.1, -0.05) is 59.7 Å².